The Labute approximate surface area is 222 Å². The normalized spacial score (nSPS) is 12.4. The molecule has 0 heterocycles. The van der Waals surface area contributed by atoms with Gasteiger partial charge in [0.25, 0.3) is 0 Å². The molecule has 0 radical (unpaired) electrons. The lowest BCUT2D eigenvalue weighted by Crippen LogP contribution is -2.39. The first-order valence-electron chi connectivity index (χ1n) is 13.1. The fourth-order valence-electron chi connectivity index (χ4n) is 4.39. The number of ether oxygens (including phenoxy) is 2. The molecule has 0 N–H and O–H groups in total. The van der Waals surface area contributed by atoms with Crippen molar-refractivity contribution in [2.45, 2.75) is 51.9 Å². The Balaban J connectivity index is 1.69. The third-order valence-electron chi connectivity index (χ3n) is 6.95. The van der Waals surface area contributed by atoms with Crippen molar-refractivity contribution < 1.29 is 9.47 Å². The Hall–Kier alpha value is -3.56. The van der Waals surface area contributed by atoms with Gasteiger partial charge >= 0.3 is 0 Å². The number of hydrogen-bond donors (Lipinski definition) is 0. The Morgan fingerprint density at radius 3 is 1.76 bits per heavy atom. The molecule has 0 aromatic heterocycles. The Bertz CT molecular complexity index is 1220. The summed E-state index contributed by atoms with van der Waals surface area (Å²) in [4.78, 5) is 2.42. The van der Waals surface area contributed by atoms with Crippen molar-refractivity contribution in [2.24, 2.45) is 0 Å². The zero-order valence-electron chi connectivity index (χ0n) is 22.6. The molecule has 192 valence electrons. The van der Waals surface area contributed by atoms with Gasteiger partial charge in [-0.1, -0.05) is 103 Å². The molecule has 1 atom stereocenters. The van der Waals surface area contributed by atoms with Crippen LogP contribution in [-0.4, -0.2) is 24.0 Å². The molecule has 37 heavy (non-hydrogen) atoms. The van der Waals surface area contributed by atoms with Crippen molar-refractivity contribution >= 4 is 0 Å². The molecule has 1 unspecified atom stereocenters. The van der Waals surface area contributed by atoms with Gasteiger partial charge in [0.15, 0.2) is 11.5 Å². The van der Waals surface area contributed by atoms with E-state index in [1.54, 1.807) is 0 Å². The summed E-state index contributed by atoms with van der Waals surface area (Å²) in [5, 5.41) is 0. The summed E-state index contributed by atoms with van der Waals surface area (Å²) in [6.07, 6.45) is 0.974. The minimum Gasteiger partial charge on any atom is -0.485 e. The van der Waals surface area contributed by atoms with Gasteiger partial charge in [-0.3, -0.25) is 0 Å². The minimum atomic E-state index is 0.106. The lowest BCUT2D eigenvalue weighted by molar-refractivity contribution is 0.171. The van der Waals surface area contributed by atoms with Gasteiger partial charge in [0.2, 0.25) is 0 Å². The van der Waals surface area contributed by atoms with Gasteiger partial charge in [-0.05, 0) is 63.5 Å². The molecule has 0 aliphatic carbocycles. The van der Waals surface area contributed by atoms with Crippen LogP contribution in [0.15, 0.2) is 109 Å². The standard InChI is InChI=1S/C34H39NO2/c1-34(2,3)35(4)24-23-30(29-19-12-7-13-20-29)31-21-14-22-32(36-25-27-15-8-5-9-16-27)33(31)37-26-28-17-10-6-11-18-28/h5-22,30H,23-26H2,1-4H3. The first-order valence-corrected chi connectivity index (χ1v) is 13.1. The molecule has 3 heteroatoms. The van der Waals surface area contributed by atoms with Crippen molar-refractivity contribution in [1.82, 2.24) is 4.90 Å². The summed E-state index contributed by atoms with van der Waals surface area (Å²) in [6, 6.07) is 37.7. The molecular weight excluding hydrogens is 454 g/mol. The van der Waals surface area contributed by atoms with Crippen LogP contribution in [0, 0.1) is 0 Å². The second kappa shape index (κ2) is 12.6. The van der Waals surface area contributed by atoms with Crippen LogP contribution in [-0.2, 0) is 13.2 Å². The minimum absolute atomic E-state index is 0.106. The maximum atomic E-state index is 6.58. The topological polar surface area (TPSA) is 21.7 Å². The Morgan fingerprint density at radius 1 is 0.649 bits per heavy atom. The molecule has 0 bridgehead atoms. The van der Waals surface area contributed by atoms with Crippen molar-refractivity contribution in [2.75, 3.05) is 13.6 Å². The van der Waals surface area contributed by atoms with Gasteiger partial charge in [-0.2, -0.15) is 0 Å². The molecule has 4 aromatic carbocycles. The largest absolute Gasteiger partial charge is 0.485 e. The van der Waals surface area contributed by atoms with Crippen LogP contribution in [0.4, 0.5) is 0 Å². The zero-order chi connectivity index (χ0) is 26.1. The van der Waals surface area contributed by atoms with Crippen LogP contribution in [0.2, 0.25) is 0 Å². The van der Waals surface area contributed by atoms with Crippen molar-refractivity contribution in [1.29, 1.82) is 0 Å². The summed E-state index contributed by atoms with van der Waals surface area (Å²) in [7, 11) is 2.20. The number of para-hydroxylation sites is 1. The van der Waals surface area contributed by atoms with Gasteiger partial charge in [0, 0.05) is 17.0 Å². The van der Waals surface area contributed by atoms with Crippen LogP contribution < -0.4 is 9.47 Å². The van der Waals surface area contributed by atoms with Gasteiger partial charge in [-0.25, -0.2) is 0 Å². The number of rotatable bonds is 11. The van der Waals surface area contributed by atoms with E-state index in [1.165, 1.54) is 5.56 Å². The molecule has 0 fully saturated rings. The van der Waals surface area contributed by atoms with E-state index >= 15 is 0 Å². The van der Waals surface area contributed by atoms with Crippen molar-refractivity contribution in [3.63, 3.8) is 0 Å². The lowest BCUT2D eigenvalue weighted by atomic mass is 9.87. The quantitative estimate of drug-likeness (QED) is 0.211. The monoisotopic (exact) mass is 493 g/mol. The van der Waals surface area contributed by atoms with E-state index in [0.29, 0.717) is 13.2 Å². The third-order valence-corrected chi connectivity index (χ3v) is 6.95. The second-order valence-electron chi connectivity index (χ2n) is 10.6. The van der Waals surface area contributed by atoms with Gasteiger partial charge < -0.3 is 14.4 Å². The molecule has 4 rings (SSSR count). The highest BCUT2D eigenvalue weighted by atomic mass is 16.5. The van der Waals surface area contributed by atoms with E-state index in [4.69, 9.17) is 9.47 Å². The summed E-state index contributed by atoms with van der Waals surface area (Å²) in [5.74, 6) is 1.79. The highest BCUT2D eigenvalue weighted by Gasteiger charge is 2.24. The molecule has 0 spiro atoms. The second-order valence-corrected chi connectivity index (χ2v) is 10.6. The molecule has 0 saturated heterocycles. The highest BCUT2D eigenvalue weighted by Crippen LogP contribution is 2.41. The molecule has 0 aliphatic rings. The fourth-order valence-corrected chi connectivity index (χ4v) is 4.39. The van der Waals surface area contributed by atoms with Crippen molar-refractivity contribution in [3.05, 3.63) is 131 Å². The SMILES string of the molecule is CN(CCC(c1ccccc1)c1cccc(OCc2ccccc2)c1OCc1ccccc1)C(C)(C)C. The summed E-state index contributed by atoms with van der Waals surface area (Å²) < 4.78 is 13.0. The average molecular weight is 494 g/mol. The third kappa shape index (κ3) is 7.47. The molecule has 4 aromatic rings. The van der Waals surface area contributed by atoms with Gasteiger partial charge in [0.1, 0.15) is 13.2 Å². The first kappa shape index (κ1) is 26.5. The van der Waals surface area contributed by atoms with Crippen molar-refractivity contribution in [3.8, 4) is 11.5 Å². The fraction of sp³-hybridized carbons (Fsp3) is 0.294. The number of hydrogen-bond acceptors (Lipinski definition) is 3. The van der Waals surface area contributed by atoms with E-state index in [9.17, 15) is 0 Å². The number of nitrogens with zero attached hydrogens (tertiary/aromatic N) is 1. The number of benzene rings is 4. The predicted molar refractivity (Wildman–Crippen MR) is 153 cm³/mol. The predicted octanol–water partition coefficient (Wildman–Crippen LogP) is 8.10. The smallest absolute Gasteiger partial charge is 0.165 e. The maximum Gasteiger partial charge on any atom is 0.165 e. The van der Waals surface area contributed by atoms with Crippen LogP contribution >= 0.6 is 0 Å². The molecular formula is C34H39NO2. The Kier molecular flexibility index (Phi) is 9.03. The molecule has 0 aliphatic heterocycles. The van der Waals surface area contributed by atoms with Crippen LogP contribution in [0.3, 0.4) is 0 Å². The van der Waals surface area contributed by atoms with Gasteiger partial charge in [0.05, 0.1) is 0 Å². The molecule has 0 amide bonds. The first-order chi connectivity index (χ1) is 17.9. The molecule has 0 saturated carbocycles. The average Bonchev–Trinajstić information content (AvgIpc) is 2.92. The summed E-state index contributed by atoms with van der Waals surface area (Å²) in [5.41, 5.74) is 4.82. The lowest BCUT2D eigenvalue weighted by Gasteiger charge is -2.33. The van der Waals surface area contributed by atoms with E-state index in [-0.39, 0.29) is 11.5 Å². The summed E-state index contributed by atoms with van der Waals surface area (Å²) >= 11 is 0. The summed E-state index contributed by atoms with van der Waals surface area (Å²) in [6.45, 7) is 8.74. The van der Waals surface area contributed by atoms with Crippen LogP contribution in [0.25, 0.3) is 0 Å². The zero-order valence-corrected chi connectivity index (χ0v) is 22.6. The van der Waals surface area contributed by atoms with E-state index < -0.39 is 0 Å². The van der Waals surface area contributed by atoms with Crippen LogP contribution in [0.5, 0.6) is 11.5 Å². The van der Waals surface area contributed by atoms with Crippen LogP contribution in [0.1, 0.15) is 55.4 Å². The van der Waals surface area contributed by atoms with E-state index in [0.717, 1.165) is 41.2 Å². The maximum absolute atomic E-state index is 6.58. The molecule has 3 nitrogen and oxygen atoms in total. The van der Waals surface area contributed by atoms with Gasteiger partial charge in [-0.15, -0.1) is 0 Å². The highest BCUT2D eigenvalue weighted by molar-refractivity contribution is 5.51. The van der Waals surface area contributed by atoms with E-state index in [2.05, 4.69) is 99.4 Å². The Morgan fingerprint density at radius 2 is 1.19 bits per heavy atom. The van der Waals surface area contributed by atoms with E-state index in [1.807, 2.05) is 42.5 Å².